The van der Waals surface area contributed by atoms with Gasteiger partial charge in [0.25, 0.3) is 0 Å². The van der Waals surface area contributed by atoms with Gasteiger partial charge in [-0.2, -0.15) is 22.0 Å². The highest BCUT2D eigenvalue weighted by molar-refractivity contribution is 5.36. The molecule has 89 valence electrons. The molecular weight excluding hydrogens is 227 g/mol. The Morgan fingerprint density at radius 3 is 2.12 bits per heavy atom. The van der Waals surface area contributed by atoms with Crippen LogP contribution in [0.2, 0.25) is 0 Å². The fraction of sp³-hybridized carbons (Fsp3) is 0.364. The zero-order chi connectivity index (χ0) is 12.4. The highest BCUT2D eigenvalue weighted by Gasteiger charge is 2.59. The number of alkyl halides is 5. The van der Waals surface area contributed by atoms with Crippen molar-refractivity contribution in [2.75, 3.05) is 0 Å². The smallest absolute Gasteiger partial charge is 0.191 e. The van der Waals surface area contributed by atoms with Crippen LogP contribution in [0.25, 0.3) is 0 Å². The van der Waals surface area contributed by atoms with Crippen molar-refractivity contribution >= 4 is 0 Å². The van der Waals surface area contributed by atoms with Crippen LogP contribution in [0.3, 0.4) is 0 Å². The number of hydrogen-bond donors (Lipinski definition) is 0. The average Bonchev–Trinajstić information content (AvgIpc) is 2.17. The fourth-order valence-electron chi connectivity index (χ4n) is 1.33. The van der Waals surface area contributed by atoms with Crippen molar-refractivity contribution in [2.45, 2.75) is 25.4 Å². The van der Waals surface area contributed by atoms with Gasteiger partial charge in [-0.05, 0) is 18.4 Å². The topological polar surface area (TPSA) is 0 Å². The quantitative estimate of drug-likeness (QED) is 0.687. The van der Waals surface area contributed by atoms with E-state index in [1.807, 2.05) is 0 Å². The largest absolute Gasteiger partial charge is 0.458 e. The number of rotatable bonds is 3. The van der Waals surface area contributed by atoms with Crippen molar-refractivity contribution in [2.24, 2.45) is 0 Å². The first kappa shape index (κ1) is 12.9. The second-order valence-electron chi connectivity index (χ2n) is 3.27. The molecular formula is C11H10F5. The van der Waals surface area contributed by atoms with Crippen LogP contribution in [-0.2, 0) is 5.92 Å². The van der Waals surface area contributed by atoms with E-state index in [9.17, 15) is 22.0 Å². The van der Waals surface area contributed by atoms with E-state index in [0.29, 0.717) is 6.42 Å². The summed E-state index contributed by atoms with van der Waals surface area (Å²) in [6, 6.07) is 4.65. The Balaban J connectivity index is 3.21. The molecule has 0 heterocycles. The second-order valence-corrected chi connectivity index (χ2v) is 3.27. The molecule has 0 aliphatic carbocycles. The van der Waals surface area contributed by atoms with Gasteiger partial charge in [-0.3, -0.25) is 0 Å². The van der Waals surface area contributed by atoms with E-state index in [4.69, 9.17) is 0 Å². The Morgan fingerprint density at radius 1 is 1.06 bits per heavy atom. The molecule has 0 bridgehead atoms. The minimum atomic E-state index is -5.56. The van der Waals surface area contributed by atoms with Gasteiger partial charge in [0, 0.05) is 5.56 Å². The number of benzene rings is 1. The van der Waals surface area contributed by atoms with E-state index < -0.39 is 17.7 Å². The SMILES string of the molecule is CC[CH]c1ccccc1C(F)(F)C(F)(F)F. The molecule has 0 unspecified atom stereocenters. The van der Waals surface area contributed by atoms with Gasteiger partial charge in [0.2, 0.25) is 0 Å². The molecule has 1 rings (SSSR count). The third-order valence-corrected chi connectivity index (χ3v) is 2.08. The molecule has 0 fully saturated rings. The maximum absolute atomic E-state index is 13.1. The fourth-order valence-corrected chi connectivity index (χ4v) is 1.33. The molecule has 0 atom stereocenters. The van der Waals surface area contributed by atoms with Gasteiger partial charge in [0.05, 0.1) is 0 Å². The van der Waals surface area contributed by atoms with E-state index in [1.54, 1.807) is 6.92 Å². The predicted molar refractivity (Wildman–Crippen MR) is 50.1 cm³/mol. The van der Waals surface area contributed by atoms with Crippen LogP contribution in [0.1, 0.15) is 24.5 Å². The minimum Gasteiger partial charge on any atom is -0.191 e. The summed E-state index contributed by atoms with van der Waals surface area (Å²) in [4.78, 5) is 0. The molecule has 0 N–H and O–H groups in total. The summed E-state index contributed by atoms with van der Waals surface area (Å²) < 4.78 is 62.7. The lowest BCUT2D eigenvalue weighted by atomic mass is 9.98. The maximum Gasteiger partial charge on any atom is 0.458 e. The van der Waals surface area contributed by atoms with Crippen molar-refractivity contribution < 1.29 is 22.0 Å². The molecule has 0 spiro atoms. The van der Waals surface area contributed by atoms with Gasteiger partial charge in [0.15, 0.2) is 0 Å². The summed E-state index contributed by atoms with van der Waals surface area (Å²) in [5, 5.41) is 0. The van der Waals surface area contributed by atoms with Gasteiger partial charge in [-0.1, -0.05) is 31.2 Å². The Hall–Kier alpha value is -1.13. The molecule has 0 amide bonds. The molecule has 0 nitrogen and oxygen atoms in total. The third-order valence-electron chi connectivity index (χ3n) is 2.08. The molecule has 0 saturated heterocycles. The monoisotopic (exact) mass is 237 g/mol. The highest BCUT2D eigenvalue weighted by Crippen LogP contribution is 2.45. The first-order valence-electron chi connectivity index (χ1n) is 4.68. The number of hydrogen-bond acceptors (Lipinski definition) is 0. The lowest BCUT2D eigenvalue weighted by Crippen LogP contribution is -2.34. The molecule has 0 saturated carbocycles. The Bertz CT molecular complexity index is 354. The Labute approximate surface area is 90.1 Å². The van der Waals surface area contributed by atoms with Crippen molar-refractivity contribution in [3.05, 3.63) is 41.8 Å². The summed E-state index contributed by atoms with van der Waals surface area (Å²) in [5.41, 5.74) is -1.07. The van der Waals surface area contributed by atoms with Crippen molar-refractivity contribution in [3.8, 4) is 0 Å². The van der Waals surface area contributed by atoms with E-state index >= 15 is 0 Å². The zero-order valence-corrected chi connectivity index (χ0v) is 8.48. The molecule has 0 aromatic heterocycles. The second kappa shape index (κ2) is 4.39. The summed E-state index contributed by atoms with van der Waals surface area (Å²) in [6.07, 6.45) is -3.83. The normalized spacial score (nSPS) is 12.9. The van der Waals surface area contributed by atoms with E-state index in [0.717, 1.165) is 6.07 Å². The molecule has 1 radical (unpaired) electrons. The first-order chi connectivity index (χ1) is 7.30. The van der Waals surface area contributed by atoms with Gasteiger partial charge in [-0.15, -0.1) is 0 Å². The molecule has 1 aromatic rings. The summed E-state index contributed by atoms with van der Waals surface area (Å²) in [7, 11) is 0. The Morgan fingerprint density at radius 2 is 1.62 bits per heavy atom. The van der Waals surface area contributed by atoms with Crippen LogP contribution < -0.4 is 0 Å². The molecule has 5 heteroatoms. The van der Waals surface area contributed by atoms with Gasteiger partial charge >= 0.3 is 12.1 Å². The predicted octanol–water partition coefficient (Wildman–Crippen LogP) is 4.30. The Kier molecular flexibility index (Phi) is 3.55. The molecule has 0 aliphatic heterocycles. The van der Waals surface area contributed by atoms with Gasteiger partial charge in [0.1, 0.15) is 0 Å². The lowest BCUT2D eigenvalue weighted by molar-refractivity contribution is -0.289. The van der Waals surface area contributed by atoms with Crippen LogP contribution in [-0.4, -0.2) is 6.18 Å². The molecule has 16 heavy (non-hydrogen) atoms. The standard InChI is InChI=1S/C11H10F5/c1-2-5-8-6-3-4-7-9(8)10(12,13)11(14,15)16/h3-7H,2H2,1H3. The zero-order valence-electron chi connectivity index (χ0n) is 8.48. The van der Waals surface area contributed by atoms with Crippen LogP contribution in [0.15, 0.2) is 24.3 Å². The van der Waals surface area contributed by atoms with Crippen molar-refractivity contribution in [1.29, 1.82) is 0 Å². The first-order valence-corrected chi connectivity index (χ1v) is 4.68. The average molecular weight is 237 g/mol. The third kappa shape index (κ3) is 2.33. The van der Waals surface area contributed by atoms with Crippen molar-refractivity contribution in [1.82, 2.24) is 0 Å². The van der Waals surface area contributed by atoms with Crippen LogP contribution in [0.4, 0.5) is 22.0 Å². The highest BCUT2D eigenvalue weighted by atomic mass is 19.4. The summed E-state index contributed by atoms with van der Waals surface area (Å²) in [6.45, 7) is 1.67. The summed E-state index contributed by atoms with van der Waals surface area (Å²) in [5.74, 6) is -4.81. The van der Waals surface area contributed by atoms with E-state index in [-0.39, 0.29) is 5.56 Å². The number of halogens is 5. The van der Waals surface area contributed by atoms with Crippen LogP contribution >= 0.6 is 0 Å². The maximum atomic E-state index is 13.1. The molecule has 1 aromatic carbocycles. The van der Waals surface area contributed by atoms with Gasteiger partial charge < -0.3 is 0 Å². The molecule has 0 aliphatic rings. The van der Waals surface area contributed by atoms with E-state index in [1.165, 1.54) is 24.6 Å². The van der Waals surface area contributed by atoms with Gasteiger partial charge in [-0.25, -0.2) is 0 Å². The lowest BCUT2D eigenvalue weighted by Gasteiger charge is -2.22. The van der Waals surface area contributed by atoms with E-state index in [2.05, 4.69) is 0 Å². The van der Waals surface area contributed by atoms with Crippen LogP contribution in [0, 0.1) is 6.42 Å². The summed E-state index contributed by atoms with van der Waals surface area (Å²) >= 11 is 0. The minimum absolute atomic E-state index is 0.0766. The van der Waals surface area contributed by atoms with Crippen LogP contribution in [0.5, 0.6) is 0 Å². The van der Waals surface area contributed by atoms with Crippen molar-refractivity contribution in [3.63, 3.8) is 0 Å².